The minimum atomic E-state index is -0.384. The van der Waals surface area contributed by atoms with E-state index in [2.05, 4.69) is 5.32 Å². The van der Waals surface area contributed by atoms with Crippen LogP contribution in [0.5, 0.6) is 5.75 Å². The molecule has 0 aliphatic carbocycles. The van der Waals surface area contributed by atoms with Crippen LogP contribution in [0.3, 0.4) is 0 Å². The number of likely N-dealkylation sites (N-methyl/N-ethyl adjacent to an activating group) is 1. The molecule has 5 nitrogen and oxygen atoms in total. The Morgan fingerprint density at radius 3 is 2.69 bits per heavy atom. The molecule has 0 spiro atoms. The highest BCUT2D eigenvalue weighted by atomic mass is 16.5. The lowest BCUT2D eigenvalue weighted by molar-refractivity contribution is -0.125. The van der Waals surface area contributed by atoms with Crippen molar-refractivity contribution in [2.45, 2.75) is 25.2 Å². The van der Waals surface area contributed by atoms with Crippen LogP contribution in [0.25, 0.3) is 0 Å². The number of nitrogens with one attached hydrogen (secondary N) is 1. The van der Waals surface area contributed by atoms with E-state index in [1.54, 1.807) is 19.1 Å². The highest BCUT2D eigenvalue weighted by Gasteiger charge is 2.35. The third-order valence-electron chi connectivity index (χ3n) is 4.83. The van der Waals surface area contributed by atoms with Crippen molar-refractivity contribution in [1.29, 1.82) is 0 Å². The first-order chi connectivity index (χ1) is 12.6. The van der Waals surface area contributed by atoms with E-state index in [9.17, 15) is 9.59 Å². The van der Waals surface area contributed by atoms with Crippen LogP contribution in [0, 0.1) is 0 Å². The summed E-state index contributed by atoms with van der Waals surface area (Å²) in [4.78, 5) is 26.3. The molecule has 1 atom stereocenters. The summed E-state index contributed by atoms with van der Waals surface area (Å²) in [5.74, 6) is 0.379. The van der Waals surface area contributed by atoms with Crippen LogP contribution in [-0.4, -0.2) is 32.5 Å². The third kappa shape index (κ3) is 3.72. The molecule has 1 unspecified atom stereocenters. The fourth-order valence-corrected chi connectivity index (χ4v) is 3.44. The minimum absolute atomic E-state index is 0.0182. The number of rotatable bonds is 7. The van der Waals surface area contributed by atoms with Gasteiger partial charge in [-0.15, -0.1) is 0 Å². The Bertz CT molecular complexity index is 803. The van der Waals surface area contributed by atoms with Crippen LogP contribution in [-0.2, 0) is 16.0 Å². The Hall–Kier alpha value is -2.82. The van der Waals surface area contributed by atoms with E-state index < -0.39 is 0 Å². The van der Waals surface area contributed by atoms with Crippen molar-refractivity contribution in [2.75, 3.05) is 25.6 Å². The molecule has 2 aromatic carbocycles. The molecule has 136 valence electrons. The second-order valence-corrected chi connectivity index (χ2v) is 6.48. The average Bonchev–Trinajstić information content (AvgIpc) is 2.91. The molecule has 1 aliphatic rings. The van der Waals surface area contributed by atoms with Crippen LogP contribution in [0.15, 0.2) is 48.5 Å². The molecule has 3 rings (SSSR count). The molecule has 0 saturated carbocycles. The van der Waals surface area contributed by atoms with Gasteiger partial charge in [0.2, 0.25) is 11.8 Å². The maximum Gasteiger partial charge on any atom is 0.234 e. The molecule has 0 bridgehead atoms. The summed E-state index contributed by atoms with van der Waals surface area (Å²) >= 11 is 0. The van der Waals surface area contributed by atoms with Gasteiger partial charge in [-0.05, 0) is 36.1 Å². The lowest BCUT2D eigenvalue weighted by Gasteiger charge is -2.12. The molecular formula is C21H24N2O3. The van der Waals surface area contributed by atoms with E-state index in [4.69, 9.17) is 4.74 Å². The number of carbonyl (C=O) groups is 2. The highest BCUT2D eigenvalue weighted by molar-refractivity contribution is 6.06. The average molecular weight is 352 g/mol. The molecule has 5 heteroatoms. The maximum atomic E-state index is 12.4. The van der Waals surface area contributed by atoms with Gasteiger partial charge in [0.15, 0.2) is 0 Å². The van der Waals surface area contributed by atoms with E-state index in [0.29, 0.717) is 6.54 Å². The molecular weight excluding hydrogens is 328 g/mol. The molecule has 2 amide bonds. The Kier molecular flexibility index (Phi) is 5.56. The van der Waals surface area contributed by atoms with Crippen molar-refractivity contribution in [3.8, 4) is 5.75 Å². The first-order valence-corrected chi connectivity index (χ1v) is 8.87. The second-order valence-electron chi connectivity index (χ2n) is 6.48. The molecule has 0 radical (unpaired) electrons. The molecule has 1 N–H and O–H groups in total. The van der Waals surface area contributed by atoms with Gasteiger partial charge in [-0.25, -0.2) is 0 Å². The van der Waals surface area contributed by atoms with Gasteiger partial charge in [-0.1, -0.05) is 36.4 Å². The Balaban J connectivity index is 1.50. The van der Waals surface area contributed by atoms with Crippen molar-refractivity contribution in [3.63, 3.8) is 0 Å². The van der Waals surface area contributed by atoms with Gasteiger partial charge in [0.05, 0.1) is 13.0 Å². The summed E-state index contributed by atoms with van der Waals surface area (Å²) in [7, 11) is 3.42. The zero-order valence-electron chi connectivity index (χ0n) is 15.2. The standard InChI is InChI=1S/C21H24N2O3/c1-23-18-11-5-4-10-16(18)17(21(23)25)14-20(24)22-13-7-9-15-8-3-6-12-19(15)26-2/h3-6,8,10-12,17H,7,9,13-14H2,1-2H3,(H,22,24). The van der Waals surface area contributed by atoms with E-state index in [1.807, 2.05) is 48.5 Å². The Labute approximate surface area is 154 Å². The number of hydrogen-bond donors (Lipinski definition) is 1. The van der Waals surface area contributed by atoms with E-state index in [1.165, 1.54) is 0 Å². The first-order valence-electron chi connectivity index (χ1n) is 8.87. The van der Waals surface area contributed by atoms with Gasteiger partial charge in [0.1, 0.15) is 5.75 Å². The number of anilines is 1. The normalized spacial score (nSPS) is 15.7. The fraction of sp³-hybridized carbons (Fsp3) is 0.333. The predicted molar refractivity (Wildman–Crippen MR) is 102 cm³/mol. The van der Waals surface area contributed by atoms with Crippen LogP contribution in [0.4, 0.5) is 5.69 Å². The molecule has 1 heterocycles. The van der Waals surface area contributed by atoms with Crippen LogP contribution < -0.4 is 15.0 Å². The summed E-state index contributed by atoms with van der Waals surface area (Å²) in [6, 6.07) is 15.5. The number of ether oxygens (including phenoxy) is 1. The highest BCUT2D eigenvalue weighted by Crippen LogP contribution is 2.37. The van der Waals surface area contributed by atoms with Gasteiger partial charge in [-0.2, -0.15) is 0 Å². The summed E-state index contributed by atoms with van der Waals surface area (Å²) in [5.41, 5.74) is 2.96. The Morgan fingerprint density at radius 1 is 1.15 bits per heavy atom. The monoisotopic (exact) mass is 352 g/mol. The smallest absolute Gasteiger partial charge is 0.234 e. The SMILES string of the molecule is COc1ccccc1CCCNC(=O)CC1C(=O)N(C)c2ccccc21. The van der Waals surface area contributed by atoms with Gasteiger partial charge in [0, 0.05) is 25.7 Å². The number of benzene rings is 2. The number of methoxy groups -OCH3 is 1. The minimum Gasteiger partial charge on any atom is -0.496 e. The van der Waals surface area contributed by atoms with E-state index in [-0.39, 0.29) is 24.2 Å². The summed E-state index contributed by atoms with van der Waals surface area (Å²) < 4.78 is 5.34. The Morgan fingerprint density at radius 2 is 1.88 bits per heavy atom. The predicted octanol–water partition coefficient (Wildman–Crippen LogP) is 2.89. The van der Waals surface area contributed by atoms with E-state index in [0.717, 1.165) is 35.4 Å². The van der Waals surface area contributed by atoms with E-state index >= 15 is 0 Å². The summed E-state index contributed by atoms with van der Waals surface area (Å²) in [6.07, 6.45) is 1.84. The number of aryl methyl sites for hydroxylation is 1. The van der Waals surface area contributed by atoms with Crippen LogP contribution in [0.2, 0.25) is 0 Å². The molecule has 2 aromatic rings. The largest absolute Gasteiger partial charge is 0.496 e. The van der Waals surface area contributed by atoms with Crippen LogP contribution in [0.1, 0.15) is 29.9 Å². The lowest BCUT2D eigenvalue weighted by atomic mass is 9.97. The van der Waals surface area contributed by atoms with Crippen molar-refractivity contribution in [2.24, 2.45) is 0 Å². The van der Waals surface area contributed by atoms with Crippen molar-refractivity contribution in [3.05, 3.63) is 59.7 Å². The van der Waals surface area contributed by atoms with Crippen molar-refractivity contribution in [1.82, 2.24) is 5.32 Å². The van der Waals surface area contributed by atoms with Gasteiger partial charge < -0.3 is 15.0 Å². The second kappa shape index (κ2) is 8.04. The lowest BCUT2D eigenvalue weighted by Crippen LogP contribution is -2.30. The fourth-order valence-electron chi connectivity index (χ4n) is 3.44. The number of amides is 2. The summed E-state index contributed by atoms with van der Waals surface area (Å²) in [6.45, 7) is 0.579. The van der Waals surface area contributed by atoms with Gasteiger partial charge in [0.25, 0.3) is 0 Å². The zero-order chi connectivity index (χ0) is 18.5. The molecule has 0 aromatic heterocycles. The zero-order valence-corrected chi connectivity index (χ0v) is 15.2. The number of hydrogen-bond acceptors (Lipinski definition) is 3. The van der Waals surface area contributed by atoms with Crippen molar-refractivity contribution < 1.29 is 14.3 Å². The number of para-hydroxylation sites is 2. The first kappa shape index (κ1) is 18.0. The quantitative estimate of drug-likeness (QED) is 0.780. The van der Waals surface area contributed by atoms with Crippen molar-refractivity contribution >= 4 is 17.5 Å². The van der Waals surface area contributed by atoms with Gasteiger partial charge in [-0.3, -0.25) is 9.59 Å². The topological polar surface area (TPSA) is 58.6 Å². The van der Waals surface area contributed by atoms with Crippen LogP contribution >= 0.6 is 0 Å². The molecule has 0 saturated heterocycles. The number of carbonyl (C=O) groups excluding carboxylic acids is 2. The van der Waals surface area contributed by atoms with Gasteiger partial charge >= 0.3 is 0 Å². The summed E-state index contributed by atoms with van der Waals surface area (Å²) in [5, 5.41) is 2.93. The number of nitrogens with zero attached hydrogens (tertiary/aromatic N) is 1. The molecule has 26 heavy (non-hydrogen) atoms. The number of fused-ring (bicyclic) bond motifs is 1. The molecule has 1 aliphatic heterocycles. The molecule has 0 fully saturated rings. The third-order valence-corrected chi connectivity index (χ3v) is 4.83. The maximum absolute atomic E-state index is 12.4.